The fraction of sp³-hybridized carbons (Fsp3) is 0.818. The molecule has 0 aromatic carbocycles. The third kappa shape index (κ3) is 12.4. The monoisotopic (exact) mass is 295 g/mol. The first kappa shape index (κ1) is 13.4. The number of halogens is 1. The fourth-order valence-electron chi connectivity index (χ4n) is 1.21. The predicted molar refractivity (Wildman–Crippen MR) is 69.4 cm³/mol. The normalized spacial score (nSPS) is 10.3. The van der Waals surface area contributed by atoms with Gasteiger partial charge in [0.1, 0.15) is 0 Å². The smallest absolute Gasteiger partial charge is 0.00456 e. The van der Waals surface area contributed by atoms with Crippen LogP contribution in [-0.2, 0) is 0 Å². The molecule has 0 atom stereocenters. The minimum Gasteiger partial charge on any atom is -0.317 e. The summed E-state index contributed by atoms with van der Waals surface area (Å²) in [5.41, 5.74) is 0. The molecular weight excluding hydrogens is 273 g/mol. The largest absolute Gasteiger partial charge is 0.317 e. The Balaban J connectivity index is 2.87. The zero-order chi connectivity index (χ0) is 9.94. The standard InChI is InChI=1S/C11H22IN/c1-3-4-5-6-9-13-10-7-8-11(2)12/h13H,2-10H2,1H3. The summed E-state index contributed by atoms with van der Waals surface area (Å²) >= 11 is 2.30. The van der Waals surface area contributed by atoms with Gasteiger partial charge in [0.15, 0.2) is 0 Å². The molecule has 78 valence electrons. The van der Waals surface area contributed by atoms with Crippen molar-refractivity contribution in [2.24, 2.45) is 0 Å². The van der Waals surface area contributed by atoms with Crippen molar-refractivity contribution in [3.63, 3.8) is 0 Å². The molecule has 0 aliphatic heterocycles. The number of unbranched alkanes of at least 4 members (excludes halogenated alkanes) is 3. The van der Waals surface area contributed by atoms with Crippen molar-refractivity contribution >= 4 is 22.6 Å². The van der Waals surface area contributed by atoms with Crippen LogP contribution < -0.4 is 5.32 Å². The Morgan fingerprint density at radius 1 is 1.15 bits per heavy atom. The van der Waals surface area contributed by atoms with Crippen molar-refractivity contribution in [3.8, 4) is 0 Å². The summed E-state index contributed by atoms with van der Waals surface area (Å²) in [6, 6.07) is 0. The van der Waals surface area contributed by atoms with Gasteiger partial charge in [-0.3, -0.25) is 0 Å². The first-order valence-corrected chi connectivity index (χ1v) is 6.39. The molecule has 0 saturated heterocycles. The van der Waals surface area contributed by atoms with Gasteiger partial charge < -0.3 is 5.32 Å². The molecule has 0 fully saturated rings. The maximum absolute atomic E-state index is 3.87. The van der Waals surface area contributed by atoms with Crippen molar-refractivity contribution in [3.05, 3.63) is 10.2 Å². The maximum atomic E-state index is 3.87. The van der Waals surface area contributed by atoms with Crippen molar-refractivity contribution < 1.29 is 0 Å². The second-order valence-electron chi connectivity index (χ2n) is 3.43. The van der Waals surface area contributed by atoms with Crippen LogP contribution in [0.4, 0.5) is 0 Å². The van der Waals surface area contributed by atoms with Gasteiger partial charge in [0.25, 0.3) is 0 Å². The third-order valence-electron chi connectivity index (χ3n) is 2.01. The molecule has 0 radical (unpaired) electrons. The lowest BCUT2D eigenvalue weighted by Crippen LogP contribution is -2.16. The Kier molecular flexibility index (Phi) is 10.9. The zero-order valence-corrected chi connectivity index (χ0v) is 10.9. The average molecular weight is 295 g/mol. The molecule has 2 heteroatoms. The van der Waals surface area contributed by atoms with E-state index in [2.05, 4.69) is 41.4 Å². The highest BCUT2D eigenvalue weighted by Gasteiger charge is 1.90. The van der Waals surface area contributed by atoms with Crippen LogP contribution in [0.25, 0.3) is 0 Å². The summed E-state index contributed by atoms with van der Waals surface area (Å²) in [6.07, 6.45) is 7.81. The lowest BCUT2D eigenvalue weighted by atomic mass is 10.2. The second kappa shape index (κ2) is 10.5. The lowest BCUT2D eigenvalue weighted by molar-refractivity contribution is 0.587. The molecule has 1 nitrogen and oxygen atoms in total. The van der Waals surface area contributed by atoms with Crippen molar-refractivity contribution in [2.45, 2.75) is 45.4 Å². The van der Waals surface area contributed by atoms with E-state index in [1.54, 1.807) is 0 Å². The van der Waals surface area contributed by atoms with E-state index in [1.165, 1.54) is 42.2 Å². The number of hydrogen-bond acceptors (Lipinski definition) is 1. The van der Waals surface area contributed by atoms with Gasteiger partial charge in [-0.25, -0.2) is 0 Å². The van der Waals surface area contributed by atoms with Crippen LogP contribution in [0.2, 0.25) is 0 Å². The first-order chi connectivity index (χ1) is 6.27. The number of nitrogens with one attached hydrogen (secondary N) is 1. The van der Waals surface area contributed by atoms with Crippen LogP contribution >= 0.6 is 22.6 Å². The number of hydrogen-bond donors (Lipinski definition) is 1. The van der Waals surface area contributed by atoms with E-state index < -0.39 is 0 Å². The van der Waals surface area contributed by atoms with Gasteiger partial charge in [0.2, 0.25) is 0 Å². The molecule has 0 aromatic heterocycles. The molecule has 0 spiro atoms. The molecule has 13 heavy (non-hydrogen) atoms. The van der Waals surface area contributed by atoms with E-state index in [0.717, 1.165) is 13.0 Å². The molecule has 0 unspecified atom stereocenters. The van der Waals surface area contributed by atoms with E-state index >= 15 is 0 Å². The molecule has 1 N–H and O–H groups in total. The van der Waals surface area contributed by atoms with Crippen molar-refractivity contribution in [2.75, 3.05) is 13.1 Å². The van der Waals surface area contributed by atoms with E-state index in [9.17, 15) is 0 Å². The molecule has 0 aliphatic carbocycles. The van der Waals surface area contributed by atoms with E-state index in [-0.39, 0.29) is 0 Å². The Labute approximate surface area is 96.5 Å². The molecule has 0 rings (SSSR count). The highest BCUT2D eigenvalue weighted by molar-refractivity contribution is 14.1. The minimum absolute atomic E-state index is 1.15. The molecule has 0 saturated carbocycles. The van der Waals surface area contributed by atoms with Crippen LogP contribution in [-0.4, -0.2) is 13.1 Å². The Morgan fingerprint density at radius 2 is 1.85 bits per heavy atom. The van der Waals surface area contributed by atoms with Crippen LogP contribution in [0.5, 0.6) is 0 Å². The van der Waals surface area contributed by atoms with Crippen LogP contribution in [0.3, 0.4) is 0 Å². The van der Waals surface area contributed by atoms with Crippen LogP contribution in [0.15, 0.2) is 10.2 Å². The van der Waals surface area contributed by atoms with Gasteiger partial charge in [-0.05, 0) is 58.5 Å². The number of allylic oxidation sites excluding steroid dienone is 1. The van der Waals surface area contributed by atoms with Crippen molar-refractivity contribution in [1.29, 1.82) is 0 Å². The lowest BCUT2D eigenvalue weighted by Gasteiger charge is -2.03. The van der Waals surface area contributed by atoms with Crippen LogP contribution in [0.1, 0.15) is 45.4 Å². The summed E-state index contributed by atoms with van der Waals surface area (Å²) in [4.78, 5) is 0. The molecule has 0 aliphatic rings. The Morgan fingerprint density at radius 3 is 2.46 bits per heavy atom. The van der Waals surface area contributed by atoms with Crippen molar-refractivity contribution in [1.82, 2.24) is 5.32 Å². The minimum atomic E-state index is 1.15. The average Bonchev–Trinajstić information content (AvgIpc) is 2.09. The van der Waals surface area contributed by atoms with Gasteiger partial charge in [-0.2, -0.15) is 0 Å². The van der Waals surface area contributed by atoms with Gasteiger partial charge >= 0.3 is 0 Å². The van der Waals surface area contributed by atoms with Gasteiger partial charge in [0.05, 0.1) is 0 Å². The fourth-order valence-corrected chi connectivity index (χ4v) is 1.59. The predicted octanol–water partition coefficient (Wildman–Crippen LogP) is 3.89. The summed E-state index contributed by atoms with van der Waals surface area (Å²) < 4.78 is 1.27. The van der Waals surface area contributed by atoms with Gasteiger partial charge in [-0.15, -0.1) is 0 Å². The van der Waals surface area contributed by atoms with Crippen LogP contribution in [0, 0.1) is 0 Å². The summed E-state index contributed by atoms with van der Waals surface area (Å²) in [6.45, 7) is 8.46. The van der Waals surface area contributed by atoms with E-state index in [0.29, 0.717) is 0 Å². The number of rotatable bonds is 9. The quantitative estimate of drug-likeness (QED) is 0.503. The Hall–Kier alpha value is 0.430. The molecule has 0 bridgehead atoms. The first-order valence-electron chi connectivity index (χ1n) is 5.31. The van der Waals surface area contributed by atoms with Gasteiger partial charge in [-0.1, -0.05) is 32.8 Å². The topological polar surface area (TPSA) is 12.0 Å². The Bertz CT molecular complexity index is 123. The maximum Gasteiger partial charge on any atom is -0.00456 e. The molecule has 0 amide bonds. The zero-order valence-electron chi connectivity index (χ0n) is 8.74. The molecule has 0 heterocycles. The SMILES string of the molecule is C=C(I)CCCNCCCCCC. The summed E-state index contributed by atoms with van der Waals surface area (Å²) in [5, 5.41) is 3.46. The highest BCUT2D eigenvalue weighted by Crippen LogP contribution is 2.08. The summed E-state index contributed by atoms with van der Waals surface area (Å²) in [7, 11) is 0. The molecule has 0 aromatic rings. The van der Waals surface area contributed by atoms with E-state index in [4.69, 9.17) is 0 Å². The second-order valence-corrected chi connectivity index (χ2v) is 4.96. The molecular formula is C11H22IN. The third-order valence-corrected chi connectivity index (χ3v) is 2.55. The van der Waals surface area contributed by atoms with Gasteiger partial charge in [0, 0.05) is 0 Å². The summed E-state index contributed by atoms with van der Waals surface area (Å²) in [5.74, 6) is 0. The highest BCUT2D eigenvalue weighted by atomic mass is 127. The van der Waals surface area contributed by atoms with E-state index in [1.807, 2.05) is 0 Å².